The Morgan fingerprint density at radius 3 is 2.58 bits per heavy atom. The number of nitro benzene ring substituents is 1. The van der Waals surface area contributed by atoms with Crippen LogP contribution in [0.2, 0.25) is 5.02 Å². The summed E-state index contributed by atoms with van der Waals surface area (Å²) in [6.45, 7) is 1.35. The van der Waals surface area contributed by atoms with Crippen LogP contribution in [0.1, 0.15) is 5.56 Å². The molecule has 2 aromatic carbocycles. The molecule has 0 fully saturated rings. The maximum absolute atomic E-state index is 12.5. The summed E-state index contributed by atoms with van der Waals surface area (Å²) in [4.78, 5) is 22.0. The fraction of sp³-hybridized carbons (Fsp3) is 0.188. The summed E-state index contributed by atoms with van der Waals surface area (Å²) in [7, 11) is -2.84. The first kappa shape index (κ1) is 19.8. The molecule has 0 radical (unpaired) electrons. The van der Waals surface area contributed by atoms with Crippen LogP contribution in [0.5, 0.6) is 0 Å². The number of likely N-dealkylation sites (N-methyl/N-ethyl adjacent to an activating group) is 1. The van der Waals surface area contributed by atoms with E-state index in [1.807, 2.05) is 6.92 Å². The average molecular weight is 398 g/mol. The molecule has 0 aliphatic rings. The number of anilines is 1. The number of nitro groups is 1. The van der Waals surface area contributed by atoms with Crippen LogP contribution in [-0.2, 0) is 14.8 Å². The number of nitrogens with one attached hydrogen (secondary N) is 1. The summed E-state index contributed by atoms with van der Waals surface area (Å²) in [5.41, 5.74) is 0.931. The van der Waals surface area contributed by atoms with Crippen LogP contribution in [-0.4, -0.2) is 37.1 Å². The molecular formula is C16H16ClN3O5S. The predicted molar refractivity (Wildman–Crippen MR) is 97.7 cm³/mol. The predicted octanol–water partition coefficient (Wildman–Crippen LogP) is 2.82. The summed E-state index contributed by atoms with van der Waals surface area (Å²) in [6, 6.07) is 9.57. The van der Waals surface area contributed by atoms with Gasteiger partial charge in [0.1, 0.15) is 0 Å². The molecule has 8 nitrogen and oxygen atoms in total. The van der Waals surface area contributed by atoms with Gasteiger partial charge in [0.15, 0.2) is 0 Å². The van der Waals surface area contributed by atoms with Crippen molar-refractivity contribution >= 4 is 38.9 Å². The summed E-state index contributed by atoms with van der Waals surface area (Å²) in [5.74, 6) is -0.568. The number of hydrogen-bond acceptors (Lipinski definition) is 5. The minimum atomic E-state index is -4.06. The zero-order valence-corrected chi connectivity index (χ0v) is 15.5. The number of sulfonamides is 1. The van der Waals surface area contributed by atoms with Gasteiger partial charge in [-0.2, -0.15) is 4.31 Å². The van der Waals surface area contributed by atoms with Crippen molar-refractivity contribution in [1.29, 1.82) is 0 Å². The first-order valence-electron chi connectivity index (χ1n) is 7.38. The van der Waals surface area contributed by atoms with Crippen LogP contribution in [0.3, 0.4) is 0 Å². The molecule has 138 valence electrons. The van der Waals surface area contributed by atoms with Crippen molar-refractivity contribution in [2.24, 2.45) is 0 Å². The lowest BCUT2D eigenvalue weighted by atomic mass is 10.2. The molecule has 1 N–H and O–H groups in total. The first-order chi connectivity index (χ1) is 12.1. The Morgan fingerprint density at radius 2 is 1.96 bits per heavy atom. The molecule has 26 heavy (non-hydrogen) atoms. The maximum Gasteiger partial charge on any atom is 0.270 e. The molecule has 0 spiro atoms. The molecule has 0 aliphatic carbocycles. The molecule has 0 aromatic heterocycles. The van der Waals surface area contributed by atoms with Gasteiger partial charge in [0.25, 0.3) is 5.69 Å². The van der Waals surface area contributed by atoms with Crippen LogP contribution < -0.4 is 5.32 Å². The van der Waals surface area contributed by atoms with E-state index in [1.54, 1.807) is 18.2 Å². The second-order valence-corrected chi connectivity index (χ2v) is 7.98. The highest BCUT2D eigenvalue weighted by atomic mass is 35.5. The average Bonchev–Trinajstić information content (AvgIpc) is 2.58. The molecule has 2 rings (SSSR count). The molecule has 0 saturated carbocycles. The van der Waals surface area contributed by atoms with Gasteiger partial charge >= 0.3 is 0 Å². The van der Waals surface area contributed by atoms with Crippen molar-refractivity contribution in [3.8, 4) is 0 Å². The number of rotatable bonds is 6. The molecule has 2 aromatic rings. The Balaban J connectivity index is 2.13. The molecule has 0 saturated heterocycles. The van der Waals surface area contributed by atoms with Gasteiger partial charge in [0, 0.05) is 29.9 Å². The van der Waals surface area contributed by atoms with Gasteiger partial charge < -0.3 is 5.32 Å². The third-order valence-corrected chi connectivity index (χ3v) is 5.77. The van der Waals surface area contributed by atoms with Crippen molar-refractivity contribution in [1.82, 2.24) is 4.31 Å². The molecule has 1 amide bonds. The number of halogens is 1. The van der Waals surface area contributed by atoms with E-state index in [9.17, 15) is 23.3 Å². The third kappa shape index (κ3) is 4.57. The number of benzene rings is 2. The lowest BCUT2D eigenvalue weighted by molar-refractivity contribution is -0.385. The molecule has 0 atom stereocenters. The molecule has 0 bridgehead atoms. The van der Waals surface area contributed by atoms with Gasteiger partial charge in [-0.1, -0.05) is 23.7 Å². The highest BCUT2D eigenvalue weighted by Crippen LogP contribution is 2.21. The van der Waals surface area contributed by atoms with E-state index in [1.165, 1.54) is 25.2 Å². The van der Waals surface area contributed by atoms with E-state index in [4.69, 9.17) is 11.6 Å². The van der Waals surface area contributed by atoms with Gasteiger partial charge in [0.2, 0.25) is 15.9 Å². The first-order valence-corrected chi connectivity index (χ1v) is 9.20. The second-order valence-electron chi connectivity index (χ2n) is 5.53. The second kappa shape index (κ2) is 7.81. The lowest BCUT2D eigenvalue weighted by Crippen LogP contribution is -2.35. The number of carbonyl (C=O) groups is 1. The zero-order valence-electron chi connectivity index (χ0n) is 14.0. The van der Waals surface area contributed by atoms with E-state index in [0.29, 0.717) is 10.7 Å². The van der Waals surface area contributed by atoms with E-state index >= 15 is 0 Å². The number of non-ortho nitro benzene ring substituents is 1. The van der Waals surface area contributed by atoms with Crippen LogP contribution in [0.4, 0.5) is 11.4 Å². The van der Waals surface area contributed by atoms with E-state index in [0.717, 1.165) is 15.9 Å². The maximum atomic E-state index is 12.5. The number of nitrogens with zero attached hydrogens (tertiary/aromatic N) is 2. The van der Waals surface area contributed by atoms with Crippen molar-refractivity contribution in [2.45, 2.75) is 11.8 Å². The van der Waals surface area contributed by atoms with E-state index in [-0.39, 0.29) is 10.6 Å². The monoisotopic (exact) mass is 397 g/mol. The normalized spacial score (nSPS) is 11.4. The quantitative estimate of drug-likeness (QED) is 0.595. The smallest absolute Gasteiger partial charge is 0.270 e. The Hall–Kier alpha value is -2.49. The number of amides is 1. The fourth-order valence-electron chi connectivity index (χ4n) is 2.10. The Kier molecular flexibility index (Phi) is 5.96. The van der Waals surface area contributed by atoms with Gasteiger partial charge in [-0.15, -0.1) is 0 Å². The van der Waals surface area contributed by atoms with Crippen LogP contribution in [0.15, 0.2) is 47.4 Å². The molecular weight excluding hydrogens is 382 g/mol. The van der Waals surface area contributed by atoms with Crippen LogP contribution >= 0.6 is 11.6 Å². The van der Waals surface area contributed by atoms with Crippen molar-refractivity contribution in [3.05, 3.63) is 63.2 Å². The van der Waals surface area contributed by atoms with Crippen molar-refractivity contribution in [3.63, 3.8) is 0 Å². The van der Waals surface area contributed by atoms with Gasteiger partial charge in [0.05, 0.1) is 16.4 Å². The van der Waals surface area contributed by atoms with Crippen LogP contribution in [0, 0.1) is 17.0 Å². The Bertz CT molecular complexity index is 962. The van der Waals surface area contributed by atoms with E-state index in [2.05, 4.69) is 5.32 Å². The Morgan fingerprint density at radius 1 is 1.27 bits per heavy atom. The zero-order chi connectivity index (χ0) is 19.5. The number of aryl methyl sites for hydroxylation is 1. The summed E-state index contributed by atoms with van der Waals surface area (Å²) in [5, 5.41) is 13.8. The number of hydrogen-bond donors (Lipinski definition) is 1. The topological polar surface area (TPSA) is 110 Å². The fourth-order valence-corrected chi connectivity index (χ4v) is 3.44. The summed E-state index contributed by atoms with van der Waals surface area (Å²) in [6.07, 6.45) is 0. The SMILES string of the molecule is Cc1ccc(NC(=O)CN(C)S(=O)(=O)c2cccc([N+](=O)[O-])c2)cc1Cl. The largest absolute Gasteiger partial charge is 0.325 e. The van der Waals surface area contributed by atoms with Crippen LogP contribution in [0.25, 0.3) is 0 Å². The highest BCUT2D eigenvalue weighted by Gasteiger charge is 2.24. The molecule has 10 heteroatoms. The molecule has 0 unspecified atom stereocenters. The molecule has 0 aliphatic heterocycles. The van der Waals surface area contributed by atoms with Crippen molar-refractivity contribution < 1.29 is 18.1 Å². The van der Waals surface area contributed by atoms with Gasteiger partial charge in [-0.3, -0.25) is 14.9 Å². The minimum Gasteiger partial charge on any atom is -0.325 e. The Labute approximate surface area is 155 Å². The van der Waals surface area contributed by atoms with Crippen molar-refractivity contribution in [2.75, 3.05) is 18.9 Å². The molecule has 0 heterocycles. The van der Waals surface area contributed by atoms with Gasteiger partial charge in [-0.05, 0) is 30.7 Å². The summed E-state index contributed by atoms with van der Waals surface area (Å²) >= 11 is 5.98. The summed E-state index contributed by atoms with van der Waals surface area (Å²) < 4.78 is 25.8. The third-order valence-electron chi connectivity index (χ3n) is 3.56. The standard InChI is InChI=1S/C16H16ClN3O5S/c1-11-6-7-12(8-15(11)17)18-16(21)10-19(2)26(24,25)14-5-3-4-13(9-14)20(22)23/h3-9H,10H2,1-2H3,(H,18,21). The number of carbonyl (C=O) groups excluding carboxylic acids is 1. The van der Waals surface area contributed by atoms with Gasteiger partial charge in [-0.25, -0.2) is 8.42 Å². The highest BCUT2D eigenvalue weighted by molar-refractivity contribution is 7.89. The van der Waals surface area contributed by atoms with E-state index < -0.39 is 27.4 Å². The lowest BCUT2D eigenvalue weighted by Gasteiger charge is -2.17. The minimum absolute atomic E-state index is 0.264.